The number of para-hydroxylation sites is 1. The van der Waals surface area contributed by atoms with E-state index >= 15 is 0 Å². The average molecular weight is 268 g/mol. The van der Waals surface area contributed by atoms with E-state index < -0.39 is 0 Å². The van der Waals surface area contributed by atoms with Crippen LogP contribution in [-0.2, 0) is 0 Å². The van der Waals surface area contributed by atoms with Crippen LogP contribution in [0.2, 0.25) is 0 Å². The van der Waals surface area contributed by atoms with Crippen LogP contribution in [0.25, 0.3) is 16.5 Å². The van der Waals surface area contributed by atoms with Crippen molar-refractivity contribution < 1.29 is 0 Å². The Balaban J connectivity index is 1.70. The zero-order valence-electron chi connectivity index (χ0n) is 12.4. The normalized spacial score (nSPS) is 16.6. The summed E-state index contributed by atoms with van der Waals surface area (Å²) in [6.45, 7) is 5.84. The Morgan fingerprint density at radius 1 is 1.20 bits per heavy atom. The molecule has 106 valence electrons. The van der Waals surface area contributed by atoms with Crippen LogP contribution in [0.5, 0.6) is 0 Å². The molecule has 1 aliphatic rings. The minimum absolute atomic E-state index is 1.11. The Hall–Kier alpha value is -1.54. The molecule has 2 aromatic rings. The molecule has 1 aromatic carbocycles. The van der Waals surface area contributed by atoms with E-state index in [0.717, 1.165) is 6.54 Å². The first-order chi connectivity index (χ1) is 9.88. The number of fused-ring (bicyclic) bond motifs is 1. The third kappa shape index (κ3) is 2.80. The van der Waals surface area contributed by atoms with Crippen LogP contribution in [0.4, 0.5) is 0 Å². The summed E-state index contributed by atoms with van der Waals surface area (Å²) in [5.74, 6) is 0. The molecule has 3 rings (SSSR count). The lowest BCUT2D eigenvalue weighted by atomic mass is 9.99. The van der Waals surface area contributed by atoms with Gasteiger partial charge in [0.1, 0.15) is 0 Å². The standard InChI is InChI=1S/C18H24N2/c1-2-3-6-11-20-12-9-15(10-13-20)17-14-19-18-8-5-4-7-16(17)18/h4-5,7-9,14,19H,2-3,6,10-13H2,1H3. The molecule has 1 N–H and O–H groups in total. The van der Waals surface area contributed by atoms with E-state index in [1.54, 1.807) is 0 Å². The van der Waals surface area contributed by atoms with Gasteiger partial charge in [0.05, 0.1) is 0 Å². The molecule has 0 atom stereocenters. The molecule has 0 bridgehead atoms. The molecule has 2 heterocycles. The van der Waals surface area contributed by atoms with Crippen molar-refractivity contribution in [2.75, 3.05) is 19.6 Å². The van der Waals surface area contributed by atoms with Gasteiger partial charge in [-0.2, -0.15) is 0 Å². The fourth-order valence-corrected chi connectivity index (χ4v) is 3.08. The highest BCUT2D eigenvalue weighted by atomic mass is 15.1. The van der Waals surface area contributed by atoms with E-state index in [4.69, 9.17) is 0 Å². The molecule has 0 amide bonds. The number of rotatable bonds is 5. The van der Waals surface area contributed by atoms with E-state index in [0.29, 0.717) is 0 Å². The van der Waals surface area contributed by atoms with Crippen molar-refractivity contribution in [3.63, 3.8) is 0 Å². The summed E-state index contributed by atoms with van der Waals surface area (Å²) in [6, 6.07) is 8.59. The van der Waals surface area contributed by atoms with Crippen molar-refractivity contribution in [1.29, 1.82) is 0 Å². The van der Waals surface area contributed by atoms with E-state index in [1.165, 1.54) is 60.8 Å². The fraction of sp³-hybridized carbons (Fsp3) is 0.444. The molecule has 20 heavy (non-hydrogen) atoms. The minimum atomic E-state index is 1.11. The molecule has 0 saturated carbocycles. The van der Waals surface area contributed by atoms with Crippen molar-refractivity contribution in [2.45, 2.75) is 32.6 Å². The number of H-pyrrole nitrogens is 1. The van der Waals surface area contributed by atoms with Crippen LogP contribution in [0.1, 0.15) is 38.2 Å². The lowest BCUT2D eigenvalue weighted by Crippen LogP contribution is -2.29. The third-order valence-corrected chi connectivity index (χ3v) is 4.31. The van der Waals surface area contributed by atoms with E-state index in [2.05, 4.69) is 53.3 Å². The SMILES string of the molecule is CCCCCN1CC=C(c2c[nH]c3ccccc23)CC1. The highest BCUT2D eigenvalue weighted by molar-refractivity contribution is 5.92. The Morgan fingerprint density at radius 3 is 2.90 bits per heavy atom. The molecule has 0 spiro atoms. The summed E-state index contributed by atoms with van der Waals surface area (Å²) in [7, 11) is 0. The predicted octanol–water partition coefficient (Wildman–Crippen LogP) is 4.45. The molecule has 1 aliphatic heterocycles. The Labute approximate surface area is 121 Å². The second-order valence-electron chi connectivity index (χ2n) is 5.74. The van der Waals surface area contributed by atoms with E-state index in [1.807, 2.05) is 0 Å². The lowest BCUT2D eigenvalue weighted by Gasteiger charge is -2.26. The summed E-state index contributed by atoms with van der Waals surface area (Å²) in [6.07, 6.45) is 9.77. The van der Waals surface area contributed by atoms with E-state index in [9.17, 15) is 0 Å². The first-order valence-electron chi connectivity index (χ1n) is 7.86. The average Bonchev–Trinajstić information content (AvgIpc) is 2.92. The molecule has 0 unspecified atom stereocenters. The van der Waals surface area contributed by atoms with Crippen molar-refractivity contribution in [3.05, 3.63) is 42.1 Å². The van der Waals surface area contributed by atoms with Crippen molar-refractivity contribution in [2.24, 2.45) is 0 Å². The smallest absolute Gasteiger partial charge is 0.0460 e. The molecule has 0 radical (unpaired) electrons. The highest BCUT2D eigenvalue weighted by Gasteiger charge is 2.14. The van der Waals surface area contributed by atoms with Gasteiger partial charge in [-0.3, -0.25) is 4.90 Å². The topological polar surface area (TPSA) is 19.0 Å². The second-order valence-corrected chi connectivity index (χ2v) is 5.74. The first kappa shape index (κ1) is 13.4. The van der Waals surface area contributed by atoms with Gasteiger partial charge in [-0.1, -0.05) is 44.0 Å². The quantitative estimate of drug-likeness (QED) is 0.794. The second kappa shape index (κ2) is 6.27. The van der Waals surface area contributed by atoms with Crippen molar-refractivity contribution in [3.8, 4) is 0 Å². The zero-order valence-corrected chi connectivity index (χ0v) is 12.4. The van der Waals surface area contributed by atoms with E-state index in [-0.39, 0.29) is 0 Å². The first-order valence-corrected chi connectivity index (χ1v) is 7.86. The Bertz CT molecular complexity index is 594. The molecule has 0 aliphatic carbocycles. The number of unbranched alkanes of at least 4 members (excludes halogenated alkanes) is 2. The summed E-state index contributed by atoms with van der Waals surface area (Å²) in [4.78, 5) is 5.96. The monoisotopic (exact) mass is 268 g/mol. The maximum absolute atomic E-state index is 3.38. The largest absolute Gasteiger partial charge is 0.361 e. The fourth-order valence-electron chi connectivity index (χ4n) is 3.08. The summed E-state index contributed by atoms with van der Waals surface area (Å²) >= 11 is 0. The van der Waals surface area contributed by atoms with Gasteiger partial charge >= 0.3 is 0 Å². The summed E-state index contributed by atoms with van der Waals surface area (Å²) in [5.41, 5.74) is 4.15. The number of aromatic amines is 1. The van der Waals surface area contributed by atoms with Gasteiger partial charge in [-0.15, -0.1) is 0 Å². The van der Waals surface area contributed by atoms with Crippen LogP contribution in [-0.4, -0.2) is 29.5 Å². The number of aromatic nitrogens is 1. The van der Waals surface area contributed by atoms with Gasteiger partial charge in [0.15, 0.2) is 0 Å². The molecular formula is C18H24N2. The van der Waals surface area contributed by atoms with Gasteiger partial charge in [0.2, 0.25) is 0 Å². The van der Waals surface area contributed by atoms with Gasteiger partial charge in [-0.25, -0.2) is 0 Å². The van der Waals surface area contributed by atoms with Gasteiger partial charge in [-0.05, 0) is 31.0 Å². The number of nitrogens with zero attached hydrogens (tertiary/aromatic N) is 1. The Morgan fingerprint density at radius 2 is 2.10 bits per heavy atom. The number of hydrogen-bond donors (Lipinski definition) is 1. The van der Waals surface area contributed by atoms with Gasteiger partial charge < -0.3 is 4.98 Å². The lowest BCUT2D eigenvalue weighted by molar-refractivity contribution is 0.295. The molecule has 2 nitrogen and oxygen atoms in total. The maximum atomic E-state index is 3.38. The van der Waals surface area contributed by atoms with Gasteiger partial charge in [0.25, 0.3) is 0 Å². The number of benzene rings is 1. The predicted molar refractivity (Wildman–Crippen MR) is 86.9 cm³/mol. The minimum Gasteiger partial charge on any atom is -0.361 e. The van der Waals surface area contributed by atoms with Crippen molar-refractivity contribution >= 4 is 16.5 Å². The third-order valence-electron chi connectivity index (χ3n) is 4.31. The molecule has 0 fully saturated rings. The van der Waals surface area contributed by atoms with Gasteiger partial charge in [0, 0.05) is 35.8 Å². The summed E-state index contributed by atoms with van der Waals surface area (Å²) < 4.78 is 0. The van der Waals surface area contributed by atoms with Crippen LogP contribution >= 0.6 is 0 Å². The maximum Gasteiger partial charge on any atom is 0.0460 e. The summed E-state index contributed by atoms with van der Waals surface area (Å²) in [5, 5.41) is 1.36. The van der Waals surface area contributed by atoms with Crippen LogP contribution in [0.15, 0.2) is 36.5 Å². The number of hydrogen-bond acceptors (Lipinski definition) is 1. The molecule has 0 saturated heterocycles. The Kier molecular flexibility index (Phi) is 4.22. The van der Waals surface area contributed by atoms with Crippen LogP contribution < -0.4 is 0 Å². The van der Waals surface area contributed by atoms with Crippen molar-refractivity contribution in [1.82, 2.24) is 9.88 Å². The molecule has 1 aromatic heterocycles. The molecular weight excluding hydrogens is 244 g/mol. The number of nitrogens with one attached hydrogen (secondary N) is 1. The molecule has 2 heteroatoms. The van der Waals surface area contributed by atoms with Crippen LogP contribution in [0.3, 0.4) is 0 Å². The zero-order chi connectivity index (χ0) is 13.8. The highest BCUT2D eigenvalue weighted by Crippen LogP contribution is 2.29. The van der Waals surface area contributed by atoms with Crippen LogP contribution in [0, 0.1) is 0 Å².